The van der Waals surface area contributed by atoms with Crippen LogP contribution in [-0.2, 0) is 5.41 Å². The van der Waals surface area contributed by atoms with Gasteiger partial charge in [-0.15, -0.1) is 0 Å². The van der Waals surface area contributed by atoms with E-state index in [1.165, 1.54) is 11.1 Å². The molecule has 0 spiro atoms. The largest absolute Gasteiger partial charge is 0.394 e. The molecule has 0 fully saturated rings. The summed E-state index contributed by atoms with van der Waals surface area (Å²) in [6, 6.07) is 6.48. The van der Waals surface area contributed by atoms with Crippen LogP contribution in [0.5, 0.6) is 0 Å². The van der Waals surface area contributed by atoms with E-state index in [2.05, 4.69) is 51.2 Å². The van der Waals surface area contributed by atoms with Gasteiger partial charge in [0, 0.05) is 5.69 Å². The van der Waals surface area contributed by atoms with E-state index in [1.54, 1.807) is 0 Å². The minimum absolute atomic E-state index is 0.119. The fourth-order valence-corrected chi connectivity index (χ4v) is 1.67. The molecule has 0 radical (unpaired) electrons. The predicted octanol–water partition coefficient (Wildman–Crippen LogP) is 3.48. The molecule has 2 N–H and O–H groups in total. The number of nitrogens with one attached hydrogen (secondary N) is 1. The van der Waals surface area contributed by atoms with E-state index in [0.717, 1.165) is 5.69 Å². The minimum atomic E-state index is -0.284. The molecule has 0 saturated heterocycles. The number of hydrogen-bond acceptors (Lipinski definition) is 2. The first-order valence-electron chi connectivity index (χ1n) is 6.16. The van der Waals surface area contributed by atoms with Crippen molar-refractivity contribution in [1.82, 2.24) is 0 Å². The molecule has 0 amide bonds. The van der Waals surface area contributed by atoms with Gasteiger partial charge >= 0.3 is 0 Å². The van der Waals surface area contributed by atoms with Crippen molar-refractivity contribution in [2.75, 3.05) is 11.9 Å². The molecule has 0 saturated carbocycles. The molecule has 2 heteroatoms. The summed E-state index contributed by atoms with van der Waals surface area (Å²) in [6.45, 7) is 12.8. The predicted molar refractivity (Wildman–Crippen MR) is 74.7 cm³/mol. The third-order valence-electron chi connectivity index (χ3n) is 2.96. The zero-order chi connectivity index (χ0) is 13.3. The van der Waals surface area contributed by atoms with E-state index in [9.17, 15) is 5.11 Å². The lowest BCUT2D eigenvalue weighted by Gasteiger charge is -2.27. The number of benzene rings is 1. The van der Waals surface area contributed by atoms with Crippen LogP contribution in [0.3, 0.4) is 0 Å². The van der Waals surface area contributed by atoms with Crippen LogP contribution in [0.1, 0.15) is 45.7 Å². The first kappa shape index (κ1) is 14.0. The van der Waals surface area contributed by atoms with Gasteiger partial charge < -0.3 is 10.4 Å². The molecule has 17 heavy (non-hydrogen) atoms. The average Bonchev–Trinajstić information content (AvgIpc) is 2.19. The van der Waals surface area contributed by atoms with Crippen molar-refractivity contribution >= 4 is 5.69 Å². The Morgan fingerprint density at radius 3 is 2.12 bits per heavy atom. The van der Waals surface area contributed by atoms with Crippen LogP contribution in [0.15, 0.2) is 18.2 Å². The van der Waals surface area contributed by atoms with Gasteiger partial charge in [-0.3, -0.25) is 0 Å². The van der Waals surface area contributed by atoms with Crippen LogP contribution in [0, 0.1) is 6.92 Å². The Kier molecular flexibility index (Phi) is 3.88. The van der Waals surface area contributed by atoms with Crippen LogP contribution < -0.4 is 5.32 Å². The van der Waals surface area contributed by atoms with Gasteiger partial charge in [-0.1, -0.05) is 32.9 Å². The van der Waals surface area contributed by atoms with Crippen LogP contribution in [0.4, 0.5) is 5.69 Å². The van der Waals surface area contributed by atoms with Crippen molar-refractivity contribution in [2.24, 2.45) is 0 Å². The Morgan fingerprint density at radius 2 is 1.71 bits per heavy atom. The fraction of sp³-hybridized carbons (Fsp3) is 0.600. The Balaban J connectivity index is 2.99. The molecule has 0 aromatic heterocycles. The second-order valence-corrected chi connectivity index (χ2v) is 6.45. The molecule has 1 rings (SSSR count). The number of aryl methyl sites for hydroxylation is 1. The molecule has 0 aliphatic heterocycles. The normalized spacial score (nSPS) is 12.6. The van der Waals surface area contributed by atoms with Crippen molar-refractivity contribution in [1.29, 1.82) is 0 Å². The smallest absolute Gasteiger partial charge is 0.0656 e. The maximum absolute atomic E-state index is 9.27. The van der Waals surface area contributed by atoms with E-state index in [0.29, 0.717) is 0 Å². The topological polar surface area (TPSA) is 32.3 Å². The second-order valence-electron chi connectivity index (χ2n) is 6.45. The third kappa shape index (κ3) is 3.74. The van der Waals surface area contributed by atoms with Gasteiger partial charge in [0.15, 0.2) is 0 Å². The van der Waals surface area contributed by atoms with Crippen LogP contribution >= 0.6 is 0 Å². The Hall–Kier alpha value is -1.02. The summed E-state index contributed by atoms with van der Waals surface area (Å²) in [5, 5.41) is 12.6. The standard InChI is InChI=1S/C15H25NO/c1-11-9-12(14(2,3)4)7-8-13(11)16-15(5,6)10-17/h7-9,16-17H,10H2,1-6H3. The summed E-state index contributed by atoms with van der Waals surface area (Å²) in [6.07, 6.45) is 0. The zero-order valence-electron chi connectivity index (χ0n) is 11.9. The Morgan fingerprint density at radius 1 is 1.12 bits per heavy atom. The first-order chi connectivity index (χ1) is 7.65. The minimum Gasteiger partial charge on any atom is -0.394 e. The van der Waals surface area contributed by atoms with Crippen molar-refractivity contribution in [3.8, 4) is 0 Å². The lowest BCUT2D eigenvalue weighted by atomic mass is 9.86. The summed E-state index contributed by atoms with van der Waals surface area (Å²) in [5.74, 6) is 0. The summed E-state index contributed by atoms with van der Waals surface area (Å²) >= 11 is 0. The monoisotopic (exact) mass is 235 g/mol. The second kappa shape index (κ2) is 4.69. The fourth-order valence-electron chi connectivity index (χ4n) is 1.67. The number of aliphatic hydroxyl groups is 1. The van der Waals surface area contributed by atoms with Gasteiger partial charge in [0.1, 0.15) is 0 Å². The SMILES string of the molecule is Cc1cc(C(C)(C)C)ccc1NC(C)(C)CO. The maximum atomic E-state index is 9.27. The zero-order valence-corrected chi connectivity index (χ0v) is 11.9. The highest BCUT2D eigenvalue weighted by atomic mass is 16.3. The number of anilines is 1. The van der Waals surface area contributed by atoms with E-state index < -0.39 is 0 Å². The number of hydrogen-bond donors (Lipinski definition) is 2. The quantitative estimate of drug-likeness (QED) is 0.840. The Bertz CT molecular complexity index is 388. The number of rotatable bonds is 3. The first-order valence-corrected chi connectivity index (χ1v) is 6.16. The lowest BCUT2D eigenvalue weighted by molar-refractivity contribution is 0.234. The highest BCUT2D eigenvalue weighted by Crippen LogP contribution is 2.27. The van der Waals surface area contributed by atoms with Crippen molar-refractivity contribution in [2.45, 2.75) is 52.5 Å². The van der Waals surface area contributed by atoms with Gasteiger partial charge in [-0.05, 0) is 43.4 Å². The van der Waals surface area contributed by atoms with E-state index >= 15 is 0 Å². The van der Waals surface area contributed by atoms with Gasteiger partial charge in [-0.2, -0.15) is 0 Å². The molecule has 1 aromatic carbocycles. The van der Waals surface area contributed by atoms with Crippen LogP contribution in [0.25, 0.3) is 0 Å². The summed E-state index contributed by atoms with van der Waals surface area (Å²) in [5.41, 5.74) is 3.54. The molecule has 0 bridgehead atoms. The maximum Gasteiger partial charge on any atom is 0.0656 e. The van der Waals surface area contributed by atoms with Crippen molar-refractivity contribution in [3.05, 3.63) is 29.3 Å². The molecular formula is C15H25NO. The molecule has 0 unspecified atom stereocenters. The van der Waals surface area contributed by atoms with Gasteiger partial charge in [-0.25, -0.2) is 0 Å². The summed E-state index contributed by atoms with van der Waals surface area (Å²) in [7, 11) is 0. The summed E-state index contributed by atoms with van der Waals surface area (Å²) < 4.78 is 0. The average molecular weight is 235 g/mol. The molecule has 0 aliphatic rings. The van der Waals surface area contributed by atoms with E-state index in [1.807, 2.05) is 13.8 Å². The highest BCUT2D eigenvalue weighted by molar-refractivity contribution is 5.54. The molecule has 0 atom stereocenters. The summed E-state index contributed by atoms with van der Waals surface area (Å²) in [4.78, 5) is 0. The molecule has 96 valence electrons. The molecule has 1 aromatic rings. The van der Waals surface area contributed by atoms with E-state index in [4.69, 9.17) is 0 Å². The van der Waals surface area contributed by atoms with Crippen LogP contribution in [0.2, 0.25) is 0 Å². The highest BCUT2D eigenvalue weighted by Gasteiger charge is 2.18. The third-order valence-corrected chi connectivity index (χ3v) is 2.96. The number of aliphatic hydroxyl groups excluding tert-OH is 1. The molecule has 0 aliphatic carbocycles. The molecule has 2 nitrogen and oxygen atoms in total. The van der Waals surface area contributed by atoms with Gasteiger partial charge in [0.25, 0.3) is 0 Å². The molecular weight excluding hydrogens is 210 g/mol. The van der Waals surface area contributed by atoms with Crippen molar-refractivity contribution in [3.63, 3.8) is 0 Å². The lowest BCUT2D eigenvalue weighted by Crippen LogP contribution is -2.35. The Labute approximate surface area is 105 Å². The van der Waals surface area contributed by atoms with Crippen molar-refractivity contribution < 1.29 is 5.11 Å². The van der Waals surface area contributed by atoms with Gasteiger partial charge in [0.2, 0.25) is 0 Å². The van der Waals surface area contributed by atoms with Crippen LogP contribution in [-0.4, -0.2) is 17.3 Å². The van der Waals surface area contributed by atoms with Gasteiger partial charge in [0.05, 0.1) is 12.1 Å². The molecule has 0 heterocycles. The van der Waals surface area contributed by atoms with E-state index in [-0.39, 0.29) is 17.6 Å².